The van der Waals surface area contributed by atoms with Crippen molar-refractivity contribution < 1.29 is 18.0 Å². The molecule has 0 unspecified atom stereocenters. The Morgan fingerprint density at radius 2 is 1.87 bits per heavy atom. The monoisotopic (exact) mass is 467 g/mol. The summed E-state index contributed by atoms with van der Waals surface area (Å²) in [5.41, 5.74) is 0.757. The summed E-state index contributed by atoms with van der Waals surface area (Å²) >= 11 is 7.21. The van der Waals surface area contributed by atoms with Crippen LogP contribution < -0.4 is 4.80 Å². The number of amides is 2. The number of aromatic nitrogens is 1. The topological polar surface area (TPSA) is 88.8 Å². The van der Waals surface area contributed by atoms with Crippen molar-refractivity contribution >= 4 is 54.8 Å². The van der Waals surface area contributed by atoms with Crippen molar-refractivity contribution in [3.05, 3.63) is 28.0 Å². The molecule has 10 heteroatoms. The van der Waals surface area contributed by atoms with Gasteiger partial charge in [0.15, 0.2) is 14.6 Å². The van der Waals surface area contributed by atoms with Crippen molar-refractivity contribution in [2.24, 2.45) is 4.99 Å². The maximum Gasteiger partial charge on any atom is 0.263 e. The first-order valence-electron chi connectivity index (χ1n) is 9.57. The summed E-state index contributed by atoms with van der Waals surface area (Å²) in [4.78, 5) is 30.6. The second-order valence-corrected chi connectivity index (χ2v) is 10.6. The minimum atomic E-state index is -3.92. The molecule has 0 aliphatic carbocycles. The summed E-state index contributed by atoms with van der Waals surface area (Å²) in [6.45, 7) is 1.29. The van der Waals surface area contributed by atoms with Crippen LogP contribution in [0, 0.1) is 12.3 Å². The van der Waals surface area contributed by atoms with Gasteiger partial charge < -0.3 is 9.47 Å². The highest BCUT2D eigenvalue weighted by Crippen LogP contribution is 2.21. The fraction of sp³-hybridized carbons (Fsp3) is 0.450. The molecular weight excluding hydrogens is 446 g/mol. The molecule has 7 nitrogen and oxygen atoms in total. The van der Waals surface area contributed by atoms with Gasteiger partial charge in [-0.05, 0) is 31.0 Å². The van der Waals surface area contributed by atoms with Gasteiger partial charge in [-0.15, -0.1) is 6.42 Å². The zero-order valence-corrected chi connectivity index (χ0v) is 18.7. The van der Waals surface area contributed by atoms with Crippen molar-refractivity contribution in [2.45, 2.75) is 32.2 Å². The molecule has 3 rings (SSSR count). The largest absolute Gasteiger partial charge is 0.342 e. The summed E-state index contributed by atoms with van der Waals surface area (Å²) in [5, 5.41) is 0.532. The average molecular weight is 468 g/mol. The van der Waals surface area contributed by atoms with Crippen LogP contribution in [0.5, 0.6) is 0 Å². The lowest BCUT2D eigenvalue weighted by Crippen LogP contribution is -2.37. The summed E-state index contributed by atoms with van der Waals surface area (Å²) in [5.74, 6) is -0.285. The normalized spacial score (nSPS) is 15.7. The van der Waals surface area contributed by atoms with E-state index in [0.717, 1.165) is 35.9 Å². The number of sulfone groups is 1. The summed E-state index contributed by atoms with van der Waals surface area (Å²) < 4.78 is 27.3. The van der Waals surface area contributed by atoms with E-state index >= 15 is 0 Å². The highest BCUT2D eigenvalue weighted by Gasteiger charge is 2.25. The van der Waals surface area contributed by atoms with Crippen LogP contribution in [0.4, 0.5) is 0 Å². The van der Waals surface area contributed by atoms with Crippen LogP contribution in [0.25, 0.3) is 10.2 Å². The van der Waals surface area contributed by atoms with E-state index in [1.54, 1.807) is 27.7 Å². The zero-order valence-electron chi connectivity index (χ0n) is 16.3. The Morgan fingerprint density at radius 1 is 1.17 bits per heavy atom. The summed E-state index contributed by atoms with van der Waals surface area (Å²) in [6, 6.07) is 5.20. The Morgan fingerprint density at radius 3 is 2.53 bits per heavy atom. The van der Waals surface area contributed by atoms with Gasteiger partial charge in [0.05, 0.1) is 16.8 Å². The molecule has 160 valence electrons. The number of rotatable bonds is 5. The van der Waals surface area contributed by atoms with Crippen molar-refractivity contribution in [2.75, 3.05) is 24.6 Å². The predicted molar refractivity (Wildman–Crippen MR) is 118 cm³/mol. The number of hydrogen-bond donors (Lipinski definition) is 0. The van der Waals surface area contributed by atoms with Crippen LogP contribution in [-0.4, -0.2) is 54.3 Å². The van der Waals surface area contributed by atoms with Gasteiger partial charge in [0.2, 0.25) is 5.91 Å². The average Bonchev–Trinajstić information content (AvgIpc) is 2.84. The van der Waals surface area contributed by atoms with E-state index < -0.39 is 33.2 Å². The molecule has 0 N–H and O–H groups in total. The molecule has 1 aromatic heterocycles. The van der Waals surface area contributed by atoms with E-state index in [-0.39, 0.29) is 6.54 Å². The predicted octanol–water partition coefficient (Wildman–Crippen LogP) is 2.23. The number of hydrogen-bond acceptors (Lipinski definition) is 5. The SMILES string of the molecule is C#CCn1c(=NC(=O)CS(=O)(=O)CC(=O)N2CCCCCC2)sc2cc(Cl)ccc21. The quantitative estimate of drug-likeness (QED) is 0.631. The second-order valence-electron chi connectivity index (χ2n) is 7.12. The molecular formula is C20H22ClN3O4S2. The van der Waals surface area contributed by atoms with Gasteiger partial charge in [-0.25, -0.2) is 8.42 Å². The second kappa shape index (κ2) is 9.77. The Kier molecular flexibility index (Phi) is 7.34. The van der Waals surface area contributed by atoms with Gasteiger partial charge in [-0.2, -0.15) is 4.99 Å². The zero-order chi connectivity index (χ0) is 21.7. The Balaban J connectivity index is 1.78. The van der Waals surface area contributed by atoms with Crippen LogP contribution in [-0.2, 0) is 26.0 Å². The molecule has 2 amide bonds. The molecule has 1 saturated heterocycles. The van der Waals surface area contributed by atoms with Gasteiger partial charge in [0.25, 0.3) is 5.91 Å². The van der Waals surface area contributed by atoms with Gasteiger partial charge >= 0.3 is 0 Å². The van der Waals surface area contributed by atoms with Crippen molar-refractivity contribution in [1.82, 2.24) is 9.47 Å². The maximum atomic E-state index is 12.4. The first-order valence-corrected chi connectivity index (χ1v) is 12.6. The third-order valence-corrected chi connectivity index (χ3v) is 7.41. The minimum Gasteiger partial charge on any atom is -0.342 e. The van der Waals surface area contributed by atoms with Crippen LogP contribution >= 0.6 is 22.9 Å². The Hall–Kier alpha value is -2.15. The van der Waals surface area contributed by atoms with Crippen LogP contribution in [0.15, 0.2) is 23.2 Å². The van der Waals surface area contributed by atoms with Gasteiger partial charge in [-0.3, -0.25) is 9.59 Å². The van der Waals surface area contributed by atoms with Gasteiger partial charge in [-0.1, -0.05) is 41.7 Å². The van der Waals surface area contributed by atoms with Crippen LogP contribution in [0.1, 0.15) is 25.7 Å². The van der Waals surface area contributed by atoms with Crippen molar-refractivity contribution in [1.29, 1.82) is 0 Å². The summed E-state index contributed by atoms with van der Waals surface area (Å²) in [7, 11) is -3.92. The minimum absolute atomic E-state index is 0.175. The fourth-order valence-corrected chi connectivity index (χ4v) is 5.78. The van der Waals surface area contributed by atoms with E-state index in [2.05, 4.69) is 10.9 Å². The number of fused-ring (bicyclic) bond motifs is 1. The van der Waals surface area contributed by atoms with Crippen molar-refractivity contribution in [3.8, 4) is 12.3 Å². The number of benzene rings is 1. The van der Waals surface area contributed by atoms with Gasteiger partial charge in [0, 0.05) is 18.1 Å². The van der Waals surface area contributed by atoms with Crippen LogP contribution in [0.3, 0.4) is 0 Å². The molecule has 1 aromatic carbocycles. The molecule has 1 aliphatic rings. The molecule has 1 aliphatic heterocycles. The molecule has 0 atom stereocenters. The number of halogens is 1. The number of likely N-dealkylation sites (tertiary alicyclic amines) is 1. The van der Waals surface area contributed by atoms with E-state index in [1.807, 2.05) is 0 Å². The molecule has 0 bridgehead atoms. The van der Waals surface area contributed by atoms with Crippen LogP contribution in [0.2, 0.25) is 5.02 Å². The fourth-order valence-electron chi connectivity index (χ4n) is 3.35. The molecule has 2 heterocycles. The lowest BCUT2D eigenvalue weighted by molar-refractivity contribution is -0.128. The van der Waals surface area contributed by atoms with Gasteiger partial charge in [0.1, 0.15) is 11.5 Å². The molecule has 30 heavy (non-hydrogen) atoms. The number of thiazole rings is 1. The van der Waals surface area contributed by atoms with E-state index in [9.17, 15) is 18.0 Å². The molecule has 0 saturated carbocycles. The smallest absolute Gasteiger partial charge is 0.263 e. The lowest BCUT2D eigenvalue weighted by Gasteiger charge is -2.19. The molecule has 1 fully saturated rings. The summed E-state index contributed by atoms with van der Waals surface area (Å²) in [6.07, 6.45) is 9.22. The number of nitrogens with zero attached hydrogens (tertiary/aromatic N) is 3. The third-order valence-electron chi connectivity index (χ3n) is 4.76. The number of terminal acetylenes is 1. The highest BCUT2D eigenvalue weighted by atomic mass is 35.5. The highest BCUT2D eigenvalue weighted by molar-refractivity contribution is 7.92. The first-order chi connectivity index (χ1) is 14.3. The molecule has 0 spiro atoms. The van der Waals surface area contributed by atoms with Crippen molar-refractivity contribution in [3.63, 3.8) is 0 Å². The third kappa shape index (κ3) is 5.72. The van der Waals surface area contributed by atoms with E-state index in [4.69, 9.17) is 18.0 Å². The number of carbonyl (C=O) groups is 2. The van der Waals surface area contributed by atoms with E-state index in [1.165, 1.54) is 11.3 Å². The standard InChI is InChI=1S/C20H22ClN3O4S2/c1-2-9-24-16-8-7-15(21)12-17(16)29-20(24)22-18(25)13-30(27,28)14-19(26)23-10-5-3-4-6-11-23/h1,7-8,12H,3-6,9-11,13-14H2. The number of carbonyl (C=O) groups excluding carboxylic acids is 2. The first kappa shape index (κ1) is 22.5. The molecule has 2 aromatic rings. The van der Waals surface area contributed by atoms with E-state index in [0.29, 0.717) is 22.9 Å². The molecule has 0 radical (unpaired) electrons. The Labute approximate surface area is 184 Å². The lowest BCUT2D eigenvalue weighted by atomic mass is 10.2. The Bertz CT molecular complexity index is 1170. The maximum absolute atomic E-state index is 12.4.